The fourth-order valence-electron chi connectivity index (χ4n) is 7.63. The summed E-state index contributed by atoms with van der Waals surface area (Å²) in [6.45, 7) is 4.63. The van der Waals surface area contributed by atoms with Crippen LogP contribution in [-0.2, 0) is 18.4 Å². The first kappa shape index (κ1) is 60.7. The van der Waals surface area contributed by atoms with Gasteiger partial charge in [0.25, 0.3) is 7.82 Å². The van der Waals surface area contributed by atoms with E-state index in [0.29, 0.717) is 17.4 Å². The molecule has 8 nitrogen and oxygen atoms in total. The molecule has 0 heterocycles. The van der Waals surface area contributed by atoms with Gasteiger partial charge in [0.2, 0.25) is 5.91 Å². The summed E-state index contributed by atoms with van der Waals surface area (Å²) in [5, 5.41) is 13.8. The Balaban J connectivity index is 4.21. The maximum atomic E-state index is 12.9. The second kappa shape index (κ2) is 44.9. The van der Waals surface area contributed by atoms with Gasteiger partial charge in [-0.15, -0.1) is 0 Å². The molecule has 1 amide bonds. The Bertz CT molecular complexity index is 1110. The van der Waals surface area contributed by atoms with Gasteiger partial charge in [-0.1, -0.05) is 217 Å². The number of phosphoric ester groups is 1. The van der Waals surface area contributed by atoms with Gasteiger partial charge in [-0.05, 0) is 57.8 Å². The lowest BCUT2D eigenvalue weighted by Gasteiger charge is -2.29. The molecule has 9 heteroatoms. The fraction of sp³-hybridized carbons (Fsp3) is 0.868. The molecule has 0 spiro atoms. The van der Waals surface area contributed by atoms with Crippen LogP contribution in [0.1, 0.15) is 245 Å². The molecular formula is C53H103N2O6P. The largest absolute Gasteiger partial charge is 0.756 e. The molecule has 0 fully saturated rings. The van der Waals surface area contributed by atoms with E-state index in [1.54, 1.807) is 6.08 Å². The van der Waals surface area contributed by atoms with Crippen LogP contribution in [0, 0.1) is 0 Å². The van der Waals surface area contributed by atoms with E-state index in [-0.39, 0.29) is 12.5 Å². The summed E-state index contributed by atoms with van der Waals surface area (Å²) in [5.74, 6) is -0.208. The van der Waals surface area contributed by atoms with Crippen LogP contribution in [0.3, 0.4) is 0 Å². The summed E-state index contributed by atoms with van der Waals surface area (Å²) in [5.41, 5.74) is 0. The van der Waals surface area contributed by atoms with Gasteiger partial charge in [0.1, 0.15) is 13.2 Å². The van der Waals surface area contributed by atoms with E-state index in [2.05, 4.69) is 43.5 Å². The van der Waals surface area contributed by atoms with Crippen LogP contribution in [0.15, 0.2) is 36.5 Å². The zero-order chi connectivity index (χ0) is 45.7. The van der Waals surface area contributed by atoms with Crippen LogP contribution in [0.4, 0.5) is 0 Å². The molecule has 0 aromatic heterocycles. The van der Waals surface area contributed by atoms with Gasteiger partial charge in [0.05, 0.1) is 39.9 Å². The molecule has 366 valence electrons. The maximum absolute atomic E-state index is 12.9. The monoisotopic (exact) mass is 895 g/mol. The third kappa shape index (κ3) is 46.7. The van der Waals surface area contributed by atoms with Gasteiger partial charge in [-0.25, -0.2) is 0 Å². The molecule has 62 heavy (non-hydrogen) atoms. The van der Waals surface area contributed by atoms with Crippen molar-refractivity contribution < 1.29 is 32.9 Å². The Morgan fingerprint density at radius 1 is 0.548 bits per heavy atom. The first-order valence-electron chi connectivity index (χ1n) is 26.4. The van der Waals surface area contributed by atoms with Crippen molar-refractivity contribution in [2.24, 2.45) is 0 Å². The van der Waals surface area contributed by atoms with Crippen LogP contribution in [0.25, 0.3) is 0 Å². The zero-order valence-corrected chi connectivity index (χ0v) is 42.5. The fourth-order valence-corrected chi connectivity index (χ4v) is 8.36. The number of amides is 1. The third-order valence-electron chi connectivity index (χ3n) is 11.8. The maximum Gasteiger partial charge on any atom is 0.268 e. The topological polar surface area (TPSA) is 108 Å². The van der Waals surface area contributed by atoms with Crippen LogP contribution in [0.5, 0.6) is 0 Å². The van der Waals surface area contributed by atoms with Crippen LogP contribution >= 0.6 is 7.82 Å². The van der Waals surface area contributed by atoms with Gasteiger partial charge in [0.15, 0.2) is 0 Å². The number of rotatable bonds is 48. The lowest BCUT2D eigenvalue weighted by Crippen LogP contribution is -2.45. The molecule has 0 aromatic carbocycles. The Morgan fingerprint density at radius 2 is 0.903 bits per heavy atom. The van der Waals surface area contributed by atoms with Gasteiger partial charge < -0.3 is 28.8 Å². The molecule has 0 saturated heterocycles. The highest BCUT2D eigenvalue weighted by molar-refractivity contribution is 7.45. The summed E-state index contributed by atoms with van der Waals surface area (Å²) in [4.78, 5) is 25.4. The lowest BCUT2D eigenvalue weighted by molar-refractivity contribution is -0.870. The summed E-state index contributed by atoms with van der Waals surface area (Å²) >= 11 is 0. The molecule has 0 saturated carbocycles. The molecule has 3 unspecified atom stereocenters. The van der Waals surface area contributed by atoms with Crippen molar-refractivity contribution in [2.45, 2.75) is 257 Å². The molecule has 2 N–H and O–H groups in total. The van der Waals surface area contributed by atoms with Crippen molar-refractivity contribution in [1.82, 2.24) is 5.32 Å². The van der Waals surface area contributed by atoms with Crippen molar-refractivity contribution in [3.63, 3.8) is 0 Å². The highest BCUT2D eigenvalue weighted by Gasteiger charge is 2.23. The minimum absolute atomic E-state index is 0.00620. The summed E-state index contributed by atoms with van der Waals surface area (Å²) in [6.07, 6.45) is 56.4. The Morgan fingerprint density at radius 3 is 1.31 bits per heavy atom. The average Bonchev–Trinajstić information content (AvgIpc) is 3.23. The molecule has 0 aliphatic carbocycles. The lowest BCUT2D eigenvalue weighted by atomic mass is 10.0. The van der Waals surface area contributed by atoms with Crippen molar-refractivity contribution in [1.29, 1.82) is 0 Å². The summed E-state index contributed by atoms with van der Waals surface area (Å²) in [7, 11) is 1.25. The summed E-state index contributed by atoms with van der Waals surface area (Å²) < 4.78 is 23.2. The number of quaternary nitrogens is 1. The predicted octanol–water partition coefficient (Wildman–Crippen LogP) is 14.8. The number of carbonyl (C=O) groups is 1. The van der Waals surface area contributed by atoms with Gasteiger partial charge >= 0.3 is 0 Å². The molecule has 0 aliphatic rings. The number of aliphatic hydroxyl groups excluding tert-OH is 1. The van der Waals surface area contributed by atoms with E-state index in [1.807, 2.05) is 27.2 Å². The molecule has 0 rings (SSSR count). The first-order valence-corrected chi connectivity index (χ1v) is 27.8. The minimum atomic E-state index is -4.60. The second-order valence-corrected chi connectivity index (χ2v) is 20.6. The number of allylic oxidation sites excluding steroid dienone is 5. The number of phosphoric acid groups is 1. The van der Waals surface area contributed by atoms with Crippen molar-refractivity contribution in [3.8, 4) is 0 Å². The number of hydrogen-bond acceptors (Lipinski definition) is 6. The Kier molecular flexibility index (Phi) is 44.0. The van der Waals surface area contributed by atoms with Crippen molar-refractivity contribution in [2.75, 3.05) is 40.9 Å². The Hall–Kier alpha value is -1.28. The smallest absolute Gasteiger partial charge is 0.268 e. The van der Waals surface area contributed by atoms with Gasteiger partial charge in [-0.2, -0.15) is 0 Å². The second-order valence-electron chi connectivity index (χ2n) is 19.2. The number of nitrogens with zero attached hydrogens (tertiary/aromatic N) is 1. The molecular weight excluding hydrogens is 792 g/mol. The number of carbonyl (C=O) groups excluding carboxylic acids is 1. The molecule has 0 radical (unpaired) electrons. The number of nitrogens with one attached hydrogen (secondary N) is 1. The minimum Gasteiger partial charge on any atom is -0.756 e. The number of hydrogen-bond donors (Lipinski definition) is 2. The van der Waals surface area contributed by atoms with E-state index in [9.17, 15) is 19.4 Å². The van der Waals surface area contributed by atoms with E-state index in [4.69, 9.17) is 9.05 Å². The first-order chi connectivity index (χ1) is 30.0. The standard InChI is InChI=1S/C53H103N2O6P/c1-6-8-10-12-14-16-18-20-22-23-24-25-26-27-28-29-30-31-32-33-35-37-39-41-43-45-47-53(57)54-51(50-61-62(58,59)60-49-48-55(3,4)5)52(56)46-44-42-40-38-36-34-21-19-17-15-13-11-9-7-2/h27-28,36,38,44,46,51-52,56H,6-26,29-35,37,39-43,45,47-50H2,1-5H3,(H-,54,57,58,59)/b28-27-,38-36+,46-44+. The van der Waals surface area contributed by atoms with Crippen LogP contribution in [-0.4, -0.2) is 68.5 Å². The van der Waals surface area contributed by atoms with E-state index < -0.39 is 26.6 Å². The van der Waals surface area contributed by atoms with E-state index >= 15 is 0 Å². The number of unbranched alkanes of at least 4 members (excludes halogenated alkanes) is 31. The van der Waals surface area contributed by atoms with Crippen LogP contribution in [0.2, 0.25) is 0 Å². The van der Waals surface area contributed by atoms with E-state index in [1.165, 1.54) is 186 Å². The Labute approximate surface area is 385 Å². The average molecular weight is 895 g/mol. The predicted molar refractivity (Wildman–Crippen MR) is 265 cm³/mol. The van der Waals surface area contributed by atoms with Crippen molar-refractivity contribution >= 4 is 13.7 Å². The zero-order valence-electron chi connectivity index (χ0n) is 41.6. The molecule has 0 aliphatic heterocycles. The molecule has 0 aromatic rings. The van der Waals surface area contributed by atoms with E-state index in [0.717, 1.165) is 38.5 Å². The highest BCUT2D eigenvalue weighted by atomic mass is 31.2. The normalized spacial score (nSPS) is 14.4. The summed E-state index contributed by atoms with van der Waals surface area (Å²) in [6, 6.07) is -0.902. The van der Waals surface area contributed by atoms with Gasteiger partial charge in [0, 0.05) is 6.42 Å². The van der Waals surface area contributed by atoms with Crippen molar-refractivity contribution in [3.05, 3.63) is 36.5 Å². The molecule has 3 atom stereocenters. The molecule has 0 bridgehead atoms. The number of likely N-dealkylation sites (N-methyl/N-ethyl adjacent to an activating group) is 1. The van der Waals surface area contributed by atoms with Crippen LogP contribution < -0.4 is 10.2 Å². The highest BCUT2D eigenvalue weighted by Crippen LogP contribution is 2.38. The quantitative estimate of drug-likeness (QED) is 0.0273. The SMILES string of the molecule is CCCCCCCCCC/C=C/CC/C=C/C(O)C(COP(=O)([O-])OCC[N+](C)(C)C)NC(=O)CCCCCCCCCCCC/C=C\CCCCCCCCCCCCCC. The third-order valence-corrected chi connectivity index (χ3v) is 12.8. The number of aliphatic hydroxyl groups is 1. The van der Waals surface area contributed by atoms with Gasteiger partial charge in [-0.3, -0.25) is 9.36 Å².